The summed E-state index contributed by atoms with van der Waals surface area (Å²) in [5, 5.41) is 12.7. The van der Waals surface area contributed by atoms with E-state index in [1.807, 2.05) is 4.90 Å². The van der Waals surface area contributed by atoms with Crippen molar-refractivity contribution in [2.75, 3.05) is 23.3 Å². The van der Waals surface area contributed by atoms with Crippen LogP contribution in [0.15, 0.2) is 36.4 Å². The number of aromatic hydroxyl groups is 1. The summed E-state index contributed by atoms with van der Waals surface area (Å²) in [6.07, 6.45) is 1.65. The van der Waals surface area contributed by atoms with E-state index in [0.29, 0.717) is 29.5 Å². The maximum atomic E-state index is 14.4. The number of benzene rings is 2. The lowest BCUT2D eigenvalue weighted by Gasteiger charge is -2.32. The summed E-state index contributed by atoms with van der Waals surface area (Å²) in [7, 11) is 0. The third kappa shape index (κ3) is 4.58. The van der Waals surface area contributed by atoms with Gasteiger partial charge in [0.15, 0.2) is 0 Å². The lowest BCUT2D eigenvalue weighted by atomic mass is 10.1. The second-order valence-corrected chi connectivity index (χ2v) is 6.54. The Labute approximate surface area is 162 Å². The zero-order valence-corrected chi connectivity index (χ0v) is 15.5. The van der Waals surface area contributed by atoms with Gasteiger partial charge in [-0.15, -0.1) is 12.4 Å². The molecule has 140 valence electrons. The second-order valence-electron chi connectivity index (χ2n) is 6.11. The fourth-order valence-electron chi connectivity index (χ4n) is 2.87. The number of anilines is 2. The van der Waals surface area contributed by atoms with E-state index < -0.39 is 11.7 Å². The number of phenolic OH excluding ortho intramolecular Hbond substituents is 1. The van der Waals surface area contributed by atoms with E-state index in [2.05, 4.69) is 5.32 Å². The highest BCUT2D eigenvalue weighted by atomic mass is 35.5. The van der Waals surface area contributed by atoms with Crippen molar-refractivity contribution in [2.45, 2.75) is 18.9 Å². The zero-order chi connectivity index (χ0) is 18.0. The Bertz CT molecular complexity index is 796. The fraction of sp³-hybridized carbons (Fsp3) is 0.278. The van der Waals surface area contributed by atoms with Crippen molar-refractivity contribution in [3.05, 3.63) is 52.8 Å². The number of nitrogens with one attached hydrogen (secondary N) is 1. The number of rotatable bonds is 3. The van der Waals surface area contributed by atoms with Gasteiger partial charge in [0.2, 0.25) is 0 Å². The molecule has 0 bridgehead atoms. The molecule has 0 unspecified atom stereocenters. The van der Waals surface area contributed by atoms with Crippen LogP contribution in [-0.4, -0.2) is 30.1 Å². The molecule has 3 rings (SSSR count). The van der Waals surface area contributed by atoms with Crippen LogP contribution in [-0.2, 0) is 0 Å². The molecule has 4 N–H and O–H groups in total. The summed E-state index contributed by atoms with van der Waals surface area (Å²) in [5.74, 6) is -1.16. The molecule has 5 nitrogen and oxygen atoms in total. The highest BCUT2D eigenvalue weighted by Crippen LogP contribution is 2.27. The molecule has 1 aliphatic rings. The minimum absolute atomic E-state index is 0. The third-order valence-electron chi connectivity index (χ3n) is 4.29. The van der Waals surface area contributed by atoms with Crippen molar-refractivity contribution in [1.29, 1.82) is 0 Å². The van der Waals surface area contributed by atoms with Crippen molar-refractivity contribution < 1.29 is 14.3 Å². The molecule has 0 radical (unpaired) electrons. The molecule has 0 saturated carbocycles. The first-order valence-corrected chi connectivity index (χ1v) is 8.42. The molecule has 2 aromatic rings. The second kappa shape index (κ2) is 8.58. The lowest BCUT2D eigenvalue weighted by molar-refractivity contribution is 0.102. The van der Waals surface area contributed by atoms with E-state index >= 15 is 0 Å². The molecule has 0 spiro atoms. The van der Waals surface area contributed by atoms with Crippen LogP contribution in [0.2, 0.25) is 5.02 Å². The number of amides is 1. The van der Waals surface area contributed by atoms with Gasteiger partial charge in [0.05, 0.1) is 11.3 Å². The number of carbonyl (C=O) groups is 1. The van der Waals surface area contributed by atoms with Crippen molar-refractivity contribution in [2.24, 2.45) is 5.73 Å². The molecule has 1 heterocycles. The number of carbonyl (C=O) groups excluding carboxylic acids is 1. The normalized spacial score (nSPS) is 14.7. The van der Waals surface area contributed by atoms with E-state index in [9.17, 15) is 14.3 Å². The predicted octanol–water partition coefficient (Wildman–Crippen LogP) is 3.79. The minimum Gasteiger partial charge on any atom is -0.507 e. The number of halogens is 3. The molecule has 8 heteroatoms. The zero-order valence-electron chi connectivity index (χ0n) is 13.9. The fourth-order valence-corrected chi connectivity index (χ4v) is 3.04. The molecule has 1 amide bonds. The third-order valence-corrected chi connectivity index (χ3v) is 4.52. The van der Waals surface area contributed by atoms with E-state index in [1.165, 1.54) is 24.3 Å². The number of hydrogen-bond donors (Lipinski definition) is 3. The minimum atomic E-state index is -0.559. The number of hydrogen-bond acceptors (Lipinski definition) is 4. The van der Waals surface area contributed by atoms with Crippen LogP contribution in [0.4, 0.5) is 15.8 Å². The number of phenols is 1. The van der Waals surface area contributed by atoms with Crippen LogP contribution >= 0.6 is 24.0 Å². The van der Waals surface area contributed by atoms with Crippen LogP contribution in [0.1, 0.15) is 23.2 Å². The van der Waals surface area contributed by atoms with Gasteiger partial charge in [0.25, 0.3) is 5.91 Å². The summed E-state index contributed by atoms with van der Waals surface area (Å²) in [6, 6.07) is 8.88. The summed E-state index contributed by atoms with van der Waals surface area (Å²) < 4.78 is 14.4. The molecule has 2 aromatic carbocycles. The number of nitrogens with zero attached hydrogens (tertiary/aromatic N) is 1. The number of piperidine rings is 1. The van der Waals surface area contributed by atoms with Crippen LogP contribution < -0.4 is 16.0 Å². The van der Waals surface area contributed by atoms with Gasteiger partial charge < -0.3 is 21.1 Å². The van der Waals surface area contributed by atoms with E-state index in [0.717, 1.165) is 12.8 Å². The Hall–Kier alpha value is -2.02. The lowest BCUT2D eigenvalue weighted by Crippen LogP contribution is -2.40. The maximum Gasteiger partial charge on any atom is 0.259 e. The first kappa shape index (κ1) is 20.3. The van der Waals surface area contributed by atoms with Gasteiger partial charge in [-0.25, -0.2) is 4.39 Å². The monoisotopic (exact) mass is 399 g/mol. The van der Waals surface area contributed by atoms with E-state index in [4.69, 9.17) is 17.3 Å². The van der Waals surface area contributed by atoms with Crippen molar-refractivity contribution in [1.82, 2.24) is 0 Å². The van der Waals surface area contributed by atoms with Gasteiger partial charge in [0, 0.05) is 29.8 Å². The Morgan fingerprint density at radius 3 is 2.58 bits per heavy atom. The first-order valence-electron chi connectivity index (χ1n) is 8.04. The summed E-state index contributed by atoms with van der Waals surface area (Å²) in [4.78, 5) is 14.2. The highest BCUT2D eigenvalue weighted by molar-refractivity contribution is 6.31. The first-order chi connectivity index (χ1) is 11.9. The highest BCUT2D eigenvalue weighted by Gasteiger charge is 2.19. The average molecular weight is 400 g/mol. The summed E-state index contributed by atoms with van der Waals surface area (Å²) in [5.41, 5.74) is 6.70. The van der Waals surface area contributed by atoms with E-state index in [1.54, 1.807) is 12.1 Å². The van der Waals surface area contributed by atoms with E-state index in [-0.39, 0.29) is 29.8 Å². The smallest absolute Gasteiger partial charge is 0.259 e. The molecule has 1 fully saturated rings. The van der Waals surface area contributed by atoms with Crippen LogP contribution in [0, 0.1) is 5.82 Å². The van der Waals surface area contributed by atoms with Crippen molar-refractivity contribution in [3.8, 4) is 5.75 Å². The Kier molecular flexibility index (Phi) is 6.69. The molecule has 0 aromatic heterocycles. The van der Waals surface area contributed by atoms with Gasteiger partial charge in [0.1, 0.15) is 11.6 Å². The van der Waals surface area contributed by atoms with Crippen LogP contribution in [0.25, 0.3) is 0 Å². The Balaban J connectivity index is 0.00000243. The average Bonchev–Trinajstić information content (AvgIpc) is 2.58. The largest absolute Gasteiger partial charge is 0.507 e. The summed E-state index contributed by atoms with van der Waals surface area (Å²) >= 11 is 5.84. The standard InChI is InChI=1S/C18H19ClFN3O2.ClH/c19-11-1-4-17(24)14(9-11)18(25)22-13-2-3-16(15(20)10-13)23-7-5-12(21)6-8-23;/h1-4,9-10,12,24H,5-8,21H2,(H,22,25);1H. The quantitative estimate of drug-likeness (QED) is 0.733. The molecule has 26 heavy (non-hydrogen) atoms. The molecule has 1 aliphatic heterocycles. The number of nitrogens with two attached hydrogens (primary N) is 1. The maximum absolute atomic E-state index is 14.4. The van der Waals surface area contributed by atoms with Crippen LogP contribution in [0.5, 0.6) is 5.75 Å². The van der Waals surface area contributed by atoms with Gasteiger partial charge >= 0.3 is 0 Å². The SMILES string of the molecule is Cl.NC1CCN(c2ccc(NC(=O)c3cc(Cl)ccc3O)cc2F)CC1. The Morgan fingerprint density at radius 1 is 1.23 bits per heavy atom. The molecule has 1 saturated heterocycles. The van der Waals surface area contributed by atoms with Crippen LogP contribution in [0.3, 0.4) is 0 Å². The predicted molar refractivity (Wildman–Crippen MR) is 104 cm³/mol. The van der Waals surface area contributed by atoms with Crippen molar-refractivity contribution >= 4 is 41.3 Å². The molecular formula is C18H20Cl2FN3O2. The summed E-state index contributed by atoms with van der Waals surface area (Å²) in [6.45, 7) is 1.42. The molecule has 0 atom stereocenters. The van der Waals surface area contributed by atoms with Gasteiger partial charge in [-0.05, 0) is 49.2 Å². The van der Waals surface area contributed by atoms with Gasteiger partial charge in [-0.2, -0.15) is 0 Å². The molecular weight excluding hydrogens is 380 g/mol. The Morgan fingerprint density at radius 2 is 1.92 bits per heavy atom. The van der Waals surface area contributed by atoms with Gasteiger partial charge in [-0.3, -0.25) is 4.79 Å². The topological polar surface area (TPSA) is 78.6 Å². The van der Waals surface area contributed by atoms with Gasteiger partial charge in [-0.1, -0.05) is 11.6 Å². The van der Waals surface area contributed by atoms with Crippen molar-refractivity contribution in [3.63, 3.8) is 0 Å². The molecule has 0 aliphatic carbocycles.